The van der Waals surface area contributed by atoms with Crippen LogP contribution in [0.15, 0.2) is 35.0 Å². The molecular formula is C13H9ClN2O3. The zero-order valence-corrected chi connectivity index (χ0v) is 10.7. The van der Waals surface area contributed by atoms with Crippen molar-refractivity contribution < 1.29 is 14.4 Å². The van der Waals surface area contributed by atoms with Crippen molar-refractivity contribution in [1.29, 1.82) is 0 Å². The number of hydrogen-bond acceptors (Lipinski definition) is 3. The summed E-state index contributed by atoms with van der Waals surface area (Å²) in [6.07, 6.45) is 1.87. The first kappa shape index (κ1) is 11.8. The Balaban J connectivity index is 2.23. The second-order valence-electron chi connectivity index (χ2n) is 4.20. The van der Waals surface area contributed by atoms with E-state index in [0.29, 0.717) is 10.7 Å². The van der Waals surface area contributed by atoms with E-state index in [0.717, 1.165) is 16.5 Å². The fourth-order valence-electron chi connectivity index (χ4n) is 2.07. The van der Waals surface area contributed by atoms with Crippen molar-refractivity contribution in [1.82, 2.24) is 9.72 Å². The predicted molar refractivity (Wildman–Crippen MR) is 70.4 cm³/mol. The number of nitrogens with zero attached hydrogens (tertiary/aromatic N) is 2. The van der Waals surface area contributed by atoms with Crippen molar-refractivity contribution in [2.24, 2.45) is 7.05 Å². The van der Waals surface area contributed by atoms with Gasteiger partial charge in [0.25, 0.3) is 0 Å². The average molecular weight is 277 g/mol. The highest BCUT2D eigenvalue weighted by Crippen LogP contribution is 2.31. The lowest BCUT2D eigenvalue weighted by Gasteiger charge is -1.96. The van der Waals surface area contributed by atoms with E-state index in [1.165, 1.54) is 6.07 Å². The van der Waals surface area contributed by atoms with E-state index in [9.17, 15) is 4.79 Å². The van der Waals surface area contributed by atoms with Crippen molar-refractivity contribution in [2.45, 2.75) is 0 Å². The van der Waals surface area contributed by atoms with Crippen LogP contribution in [0.1, 0.15) is 10.6 Å². The van der Waals surface area contributed by atoms with Crippen LogP contribution >= 0.6 is 11.6 Å². The third-order valence-corrected chi connectivity index (χ3v) is 3.18. The molecular weight excluding hydrogens is 268 g/mol. The molecule has 0 fully saturated rings. The summed E-state index contributed by atoms with van der Waals surface area (Å²) in [5.74, 6) is -1.33. The molecule has 0 saturated carbocycles. The summed E-state index contributed by atoms with van der Waals surface area (Å²) < 4.78 is 6.70. The van der Waals surface area contributed by atoms with Crippen LogP contribution in [-0.4, -0.2) is 20.8 Å². The fourth-order valence-corrected chi connectivity index (χ4v) is 2.24. The highest BCUT2D eigenvalue weighted by Gasteiger charge is 2.16. The molecule has 6 heteroatoms. The van der Waals surface area contributed by atoms with Crippen LogP contribution in [0, 0.1) is 0 Å². The van der Waals surface area contributed by atoms with Gasteiger partial charge in [0.1, 0.15) is 5.69 Å². The molecule has 0 aliphatic heterocycles. The third-order valence-electron chi connectivity index (χ3n) is 2.95. The van der Waals surface area contributed by atoms with Crippen LogP contribution in [0.25, 0.3) is 22.2 Å². The third kappa shape index (κ3) is 1.88. The van der Waals surface area contributed by atoms with Crippen LogP contribution in [0.2, 0.25) is 5.02 Å². The maximum atomic E-state index is 10.8. The minimum atomic E-state index is -1.14. The number of aryl methyl sites for hydroxylation is 1. The Morgan fingerprint density at radius 2 is 2.21 bits per heavy atom. The fraction of sp³-hybridized carbons (Fsp3) is 0.0769. The van der Waals surface area contributed by atoms with Crippen LogP contribution in [0.4, 0.5) is 0 Å². The number of aromatic nitrogens is 2. The SMILES string of the molecule is Cn1cc(-c2cc(C(=O)O)on2)c2cc(Cl)ccc21. The number of aromatic carboxylic acids is 1. The molecule has 0 saturated heterocycles. The van der Waals surface area contributed by atoms with E-state index in [4.69, 9.17) is 21.2 Å². The second kappa shape index (κ2) is 4.13. The zero-order chi connectivity index (χ0) is 13.6. The number of hydrogen-bond donors (Lipinski definition) is 1. The molecule has 1 N–H and O–H groups in total. The van der Waals surface area contributed by atoms with Gasteiger partial charge in [-0.1, -0.05) is 16.8 Å². The zero-order valence-electron chi connectivity index (χ0n) is 9.92. The quantitative estimate of drug-likeness (QED) is 0.780. The molecule has 2 aromatic heterocycles. The number of carboxylic acid groups (broad SMARTS) is 1. The first-order chi connectivity index (χ1) is 9.06. The van der Waals surface area contributed by atoms with Gasteiger partial charge in [-0.3, -0.25) is 0 Å². The first-order valence-corrected chi connectivity index (χ1v) is 5.89. The summed E-state index contributed by atoms with van der Waals surface area (Å²) in [6, 6.07) is 6.93. The molecule has 0 radical (unpaired) electrons. The molecule has 0 amide bonds. The van der Waals surface area contributed by atoms with Crippen molar-refractivity contribution in [3.05, 3.63) is 41.2 Å². The van der Waals surface area contributed by atoms with Gasteiger partial charge in [0.05, 0.1) is 0 Å². The smallest absolute Gasteiger partial charge is 0.374 e. The number of benzene rings is 1. The summed E-state index contributed by atoms with van der Waals surface area (Å²) in [6.45, 7) is 0. The Morgan fingerprint density at radius 1 is 1.42 bits per heavy atom. The van der Waals surface area contributed by atoms with E-state index in [1.54, 1.807) is 6.07 Å². The molecule has 96 valence electrons. The largest absolute Gasteiger partial charge is 0.475 e. The number of halogens is 1. The Hall–Kier alpha value is -2.27. The topological polar surface area (TPSA) is 68.3 Å². The van der Waals surface area contributed by atoms with Gasteiger partial charge in [-0.2, -0.15) is 0 Å². The standard InChI is InChI=1S/C13H9ClN2O3/c1-16-6-9(8-4-7(14)2-3-11(8)16)10-5-12(13(17)18)19-15-10/h2-6H,1H3,(H,17,18). The monoisotopic (exact) mass is 276 g/mol. The van der Waals surface area contributed by atoms with Gasteiger partial charge in [-0.25, -0.2) is 4.79 Å². The minimum Gasteiger partial charge on any atom is -0.475 e. The molecule has 3 aromatic rings. The van der Waals surface area contributed by atoms with Gasteiger partial charge in [-0.05, 0) is 18.2 Å². The molecule has 0 aliphatic rings. The van der Waals surface area contributed by atoms with E-state index >= 15 is 0 Å². The van der Waals surface area contributed by atoms with Gasteiger partial charge < -0.3 is 14.2 Å². The van der Waals surface area contributed by atoms with E-state index in [2.05, 4.69) is 5.16 Å². The molecule has 0 unspecified atom stereocenters. The molecule has 2 heterocycles. The molecule has 0 bridgehead atoms. The molecule has 0 aliphatic carbocycles. The molecule has 19 heavy (non-hydrogen) atoms. The minimum absolute atomic E-state index is 0.186. The van der Waals surface area contributed by atoms with E-state index < -0.39 is 5.97 Å². The van der Waals surface area contributed by atoms with Crippen LogP contribution < -0.4 is 0 Å². The van der Waals surface area contributed by atoms with Crippen molar-refractivity contribution >= 4 is 28.5 Å². The lowest BCUT2D eigenvalue weighted by molar-refractivity contribution is 0.0652. The van der Waals surface area contributed by atoms with Gasteiger partial charge in [0, 0.05) is 40.8 Å². The first-order valence-electron chi connectivity index (χ1n) is 5.51. The molecule has 0 atom stereocenters. The normalized spacial score (nSPS) is 11.1. The van der Waals surface area contributed by atoms with Gasteiger partial charge in [-0.15, -0.1) is 0 Å². The van der Waals surface area contributed by atoms with Crippen LogP contribution in [0.3, 0.4) is 0 Å². The summed E-state index contributed by atoms with van der Waals surface area (Å²) >= 11 is 6.00. The average Bonchev–Trinajstić information content (AvgIpc) is 2.94. The van der Waals surface area contributed by atoms with Gasteiger partial charge in [0.2, 0.25) is 5.76 Å². The highest BCUT2D eigenvalue weighted by molar-refractivity contribution is 6.31. The van der Waals surface area contributed by atoms with Crippen LogP contribution in [-0.2, 0) is 7.05 Å². The number of rotatable bonds is 2. The van der Waals surface area contributed by atoms with Crippen molar-refractivity contribution in [3.63, 3.8) is 0 Å². The summed E-state index contributed by atoms with van der Waals surface area (Å²) in [5, 5.41) is 14.2. The van der Waals surface area contributed by atoms with Crippen molar-refractivity contribution in [3.8, 4) is 11.3 Å². The number of carbonyl (C=O) groups is 1. The Labute approximate surface area is 113 Å². The second-order valence-corrected chi connectivity index (χ2v) is 4.63. The molecule has 0 spiro atoms. The number of fused-ring (bicyclic) bond motifs is 1. The van der Waals surface area contributed by atoms with E-state index in [-0.39, 0.29) is 5.76 Å². The Kier molecular flexibility index (Phi) is 2.57. The Bertz CT molecular complexity index is 788. The summed E-state index contributed by atoms with van der Waals surface area (Å²) in [5.41, 5.74) is 2.25. The molecule has 1 aromatic carbocycles. The van der Waals surface area contributed by atoms with Gasteiger partial charge in [0.15, 0.2) is 0 Å². The summed E-state index contributed by atoms with van der Waals surface area (Å²) in [4.78, 5) is 10.8. The Morgan fingerprint density at radius 3 is 2.89 bits per heavy atom. The molecule has 3 rings (SSSR count). The van der Waals surface area contributed by atoms with Gasteiger partial charge >= 0.3 is 5.97 Å². The van der Waals surface area contributed by atoms with E-state index in [1.807, 2.05) is 29.9 Å². The maximum absolute atomic E-state index is 10.8. The molecule has 5 nitrogen and oxygen atoms in total. The predicted octanol–water partition coefficient (Wildman–Crippen LogP) is 3.18. The maximum Gasteiger partial charge on any atom is 0.374 e. The van der Waals surface area contributed by atoms with Crippen molar-refractivity contribution in [2.75, 3.05) is 0 Å². The number of carboxylic acids is 1. The highest BCUT2D eigenvalue weighted by atomic mass is 35.5. The lowest BCUT2D eigenvalue weighted by atomic mass is 10.1. The lowest BCUT2D eigenvalue weighted by Crippen LogP contribution is -1.91. The van der Waals surface area contributed by atoms with Crippen LogP contribution in [0.5, 0.6) is 0 Å². The summed E-state index contributed by atoms with van der Waals surface area (Å²) in [7, 11) is 1.90.